The van der Waals surface area contributed by atoms with Crippen LogP contribution in [-0.2, 0) is 4.79 Å². The van der Waals surface area contributed by atoms with Gasteiger partial charge in [0.05, 0.1) is 11.1 Å². The highest BCUT2D eigenvalue weighted by Crippen LogP contribution is 2.35. The number of hydrogen-bond donors (Lipinski definition) is 2. The Morgan fingerprint density at radius 3 is 2.56 bits per heavy atom. The number of carbonyl (C=O) groups excluding carboxylic acids is 2. The summed E-state index contributed by atoms with van der Waals surface area (Å²) < 4.78 is 0. The van der Waals surface area contributed by atoms with E-state index in [1.54, 1.807) is 6.07 Å². The van der Waals surface area contributed by atoms with Crippen molar-refractivity contribution in [1.29, 1.82) is 0 Å². The first-order valence-corrected chi connectivity index (χ1v) is 12.0. The van der Waals surface area contributed by atoms with Crippen molar-refractivity contribution >= 4 is 30.8 Å². The fraction of sp³-hybridized carbons (Fsp3) is 0.381. The molecule has 0 spiro atoms. The van der Waals surface area contributed by atoms with Gasteiger partial charge in [-0.15, -0.1) is 11.5 Å². The molecule has 2 rings (SSSR count). The summed E-state index contributed by atoms with van der Waals surface area (Å²) in [7, 11) is -1.78. The molecule has 0 aliphatic rings. The van der Waals surface area contributed by atoms with E-state index < -0.39 is 20.0 Å². The largest absolute Gasteiger partial charge is 0.368 e. The quantitative estimate of drug-likeness (QED) is 0.630. The van der Waals surface area contributed by atoms with E-state index in [4.69, 9.17) is 5.73 Å². The third-order valence-electron chi connectivity index (χ3n) is 5.08. The zero-order valence-corrected chi connectivity index (χ0v) is 17.6. The van der Waals surface area contributed by atoms with Crippen molar-refractivity contribution in [1.82, 2.24) is 10.3 Å². The molecular weight excluding hydrogens is 354 g/mol. The number of nitrogens with two attached hydrogens (primary N) is 1. The van der Waals surface area contributed by atoms with Crippen molar-refractivity contribution in [3.05, 3.63) is 42.1 Å². The Labute approximate surface area is 161 Å². The first-order chi connectivity index (χ1) is 12.5. The summed E-state index contributed by atoms with van der Waals surface area (Å²) in [6.45, 7) is 10.9. The maximum atomic E-state index is 12.5. The molecule has 2 amide bonds. The van der Waals surface area contributed by atoms with Crippen LogP contribution in [0.25, 0.3) is 10.9 Å². The van der Waals surface area contributed by atoms with Gasteiger partial charge in [0.1, 0.15) is 14.1 Å². The van der Waals surface area contributed by atoms with Gasteiger partial charge in [-0.05, 0) is 17.2 Å². The smallest absolute Gasteiger partial charge is 0.253 e. The second-order valence-corrected chi connectivity index (χ2v) is 13.2. The minimum absolute atomic E-state index is 0.127. The van der Waals surface area contributed by atoms with Crippen molar-refractivity contribution in [3.8, 4) is 11.5 Å². The van der Waals surface area contributed by atoms with Gasteiger partial charge in [0, 0.05) is 18.0 Å². The number of nitrogens with zero attached hydrogens (tertiary/aromatic N) is 1. The Hall–Kier alpha value is -2.65. The molecular formula is C21H27N3O2Si. The molecule has 3 N–H and O–H groups in total. The van der Waals surface area contributed by atoms with Crippen LogP contribution >= 0.6 is 0 Å². The van der Waals surface area contributed by atoms with Gasteiger partial charge in [-0.1, -0.05) is 52.1 Å². The van der Waals surface area contributed by atoms with E-state index >= 15 is 0 Å². The molecule has 1 aromatic heterocycles. The van der Waals surface area contributed by atoms with Crippen molar-refractivity contribution in [2.75, 3.05) is 0 Å². The van der Waals surface area contributed by atoms with Gasteiger partial charge in [-0.3, -0.25) is 14.6 Å². The predicted octanol–water partition coefficient (Wildman–Crippen LogP) is 3.26. The number of primary amides is 1. The van der Waals surface area contributed by atoms with E-state index in [1.807, 2.05) is 24.3 Å². The van der Waals surface area contributed by atoms with Crippen molar-refractivity contribution < 1.29 is 9.59 Å². The summed E-state index contributed by atoms with van der Waals surface area (Å²) in [5, 5.41) is 3.67. The number of fused-ring (bicyclic) bond motifs is 1. The number of carbonyl (C=O) groups is 2. The van der Waals surface area contributed by atoms with Crippen LogP contribution in [0.2, 0.25) is 18.1 Å². The Bertz CT molecular complexity index is 920. The van der Waals surface area contributed by atoms with Crippen molar-refractivity contribution in [2.45, 2.75) is 51.4 Å². The normalized spacial score (nSPS) is 12.8. The Morgan fingerprint density at radius 2 is 1.93 bits per heavy atom. The number of nitrogens with one attached hydrogen (secondary N) is 1. The molecule has 6 heteroatoms. The molecule has 1 heterocycles. The van der Waals surface area contributed by atoms with Crippen LogP contribution in [0.5, 0.6) is 0 Å². The summed E-state index contributed by atoms with van der Waals surface area (Å²) in [5.41, 5.74) is 10.00. The molecule has 0 unspecified atom stereocenters. The fourth-order valence-corrected chi connectivity index (χ4v) is 3.14. The van der Waals surface area contributed by atoms with Crippen LogP contribution < -0.4 is 11.1 Å². The van der Waals surface area contributed by atoms with E-state index in [-0.39, 0.29) is 17.4 Å². The molecule has 0 aliphatic heterocycles. The summed E-state index contributed by atoms with van der Waals surface area (Å²) >= 11 is 0. The maximum absolute atomic E-state index is 12.5. The van der Waals surface area contributed by atoms with Crippen LogP contribution in [0, 0.1) is 11.5 Å². The van der Waals surface area contributed by atoms with Crippen LogP contribution in [0.4, 0.5) is 0 Å². The van der Waals surface area contributed by atoms with Crippen molar-refractivity contribution in [2.24, 2.45) is 5.73 Å². The molecule has 0 aliphatic carbocycles. The molecule has 0 saturated heterocycles. The molecule has 27 heavy (non-hydrogen) atoms. The van der Waals surface area contributed by atoms with Crippen LogP contribution in [-0.4, -0.2) is 30.9 Å². The zero-order valence-electron chi connectivity index (χ0n) is 16.6. The highest BCUT2D eigenvalue weighted by Gasteiger charge is 2.33. The third-order valence-corrected chi connectivity index (χ3v) is 9.64. The number of amides is 2. The minimum Gasteiger partial charge on any atom is -0.368 e. The number of benzene rings is 1. The van der Waals surface area contributed by atoms with Gasteiger partial charge in [0.25, 0.3) is 5.91 Å². The number of rotatable bonds is 4. The lowest BCUT2D eigenvalue weighted by Crippen LogP contribution is -2.44. The lowest BCUT2D eigenvalue weighted by atomic mass is 10.1. The molecule has 0 saturated carbocycles. The van der Waals surface area contributed by atoms with Crippen molar-refractivity contribution in [3.63, 3.8) is 0 Å². The van der Waals surface area contributed by atoms with Crippen LogP contribution in [0.1, 0.15) is 37.6 Å². The number of pyridine rings is 1. The first-order valence-electron chi connectivity index (χ1n) is 8.96. The summed E-state index contributed by atoms with van der Waals surface area (Å²) in [4.78, 5) is 28.6. The third kappa shape index (κ3) is 5.17. The van der Waals surface area contributed by atoms with E-state index in [2.05, 4.69) is 55.6 Å². The molecule has 0 radical (unpaired) electrons. The molecule has 0 bridgehead atoms. The number of para-hydroxylation sites is 1. The molecule has 1 aromatic carbocycles. The van der Waals surface area contributed by atoms with Gasteiger partial charge in [-0.2, -0.15) is 0 Å². The standard InChI is InChI=1S/C21H27N3O2Si/c1-21(2,3)27(4,5)12-8-11-18(19(22)25)24-20(26)16-13-15-9-6-7-10-17(15)23-14-16/h6-7,9-10,13-14,18H,11H2,1-5H3,(H2,22,25)(H,24,26)/t18-/m1/s1. The number of hydrogen-bond acceptors (Lipinski definition) is 3. The van der Waals surface area contributed by atoms with Gasteiger partial charge in [0.2, 0.25) is 5.91 Å². The second kappa shape index (κ2) is 7.93. The average Bonchev–Trinajstić information content (AvgIpc) is 2.59. The monoisotopic (exact) mass is 381 g/mol. The van der Waals surface area contributed by atoms with E-state index in [0.717, 1.165) is 10.9 Å². The molecule has 142 valence electrons. The van der Waals surface area contributed by atoms with Gasteiger partial charge in [-0.25, -0.2) is 0 Å². The first kappa shape index (κ1) is 20.7. The highest BCUT2D eigenvalue weighted by molar-refractivity contribution is 6.87. The maximum Gasteiger partial charge on any atom is 0.253 e. The Balaban J connectivity index is 2.13. The van der Waals surface area contributed by atoms with E-state index in [1.165, 1.54) is 6.20 Å². The van der Waals surface area contributed by atoms with Gasteiger partial charge in [0.15, 0.2) is 0 Å². The Morgan fingerprint density at radius 1 is 1.26 bits per heavy atom. The lowest BCUT2D eigenvalue weighted by molar-refractivity contribution is -0.119. The topological polar surface area (TPSA) is 85.1 Å². The predicted molar refractivity (Wildman–Crippen MR) is 112 cm³/mol. The van der Waals surface area contributed by atoms with Gasteiger partial charge >= 0.3 is 0 Å². The van der Waals surface area contributed by atoms with E-state index in [9.17, 15) is 9.59 Å². The Kier molecular flexibility index (Phi) is 6.07. The van der Waals surface area contributed by atoms with Crippen LogP contribution in [0.3, 0.4) is 0 Å². The highest BCUT2D eigenvalue weighted by atomic mass is 28.3. The summed E-state index contributed by atoms with van der Waals surface area (Å²) in [6, 6.07) is 8.45. The molecule has 0 fully saturated rings. The minimum atomic E-state index is -1.78. The average molecular weight is 382 g/mol. The zero-order chi connectivity index (χ0) is 20.2. The molecule has 1 atom stereocenters. The summed E-state index contributed by atoms with van der Waals surface area (Å²) in [5.74, 6) is 2.10. The van der Waals surface area contributed by atoms with Gasteiger partial charge < -0.3 is 11.1 Å². The van der Waals surface area contributed by atoms with Crippen LogP contribution in [0.15, 0.2) is 36.5 Å². The fourth-order valence-electron chi connectivity index (χ4n) is 2.22. The lowest BCUT2D eigenvalue weighted by Gasteiger charge is -2.31. The number of aromatic nitrogens is 1. The van der Waals surface area contributed by atoms with E-state index in [0.29, 0.717) is 5.56 Å². The SMILES string of the molecule is CC(C)(C)[Si](C)(C)C#CC[C@@H](NC(=O)c1cnc2ccccc2c1)C(N)=O. The molecule has 5 nitrogen and oxygen atoms in total. The summed E-state index contributed by atoms with van der Waals surface area (Å²) in [6.07, 6.45) is 1.70. The second-order valence-electron chi connectivity index (χ2n) is 8.23. The molecule has 2 aromatic rings.